The van der Waals surface area contributed by atoms with Gasteiger partial charge in [-0.05, 0) is 30.3 Å². The molecule has 0 saturated carbocycles. The Hall–Kier alpha value is -1.82. The van der Waals surface area contributed by atoms with Crippen LogP contribution in [0.25, 0.3) is 5.69 Å². The number of hydrogen-bond acceptors (Lipinski definition) is 4. The topological polar surface area (TPSA) is 55.6 Å². The highest BCUT2D eigenvalue weighted by atomic mass is 19.1. The molecule has 1 aliphatic heterocycles. The molecule has 0 aliphatic carbocycles. The minimum absolute atomic E-state index is 0.302. The van der Waals surface area contributed by atoms with Crippen molar-refractivity contribution in [1.29, 1.82) is 0 Å². The maximum absolute atomic E-state index is 13.1. The number of halogens is 1. The minimum Gasteiger partial charge on any atom is -0.316 e. The van der Waals surface area contributed by atoms with E-state index in [1.807, 2.05) is 0 Å². The molecule has 3 rings (SSSR count). The lowest BCUT2D eigenvalue weighted by Gasteiger charge is -2.00. The molecule has 0 bridgehead atoms. The first-order valence-electron chi connectivity index (χ1n) is 5.59. The molecule has 0 amide bonds. The second kappa shape index (κ2) is 4.21. The Balaban J connectivity index is 1.89. The van der Waals surface area contributed by atoms with Crippen molar-refractivity contribution in [3.63, 3.8) is 0 Å². The van der Waals surface area contributed by atoms with Crippen molar-refractivity contribution < 1.29 is 4.39 Å². The lowest BCUT2D eigenvalue weighted by molar-refractivity contribution is 0.620. The standard InChI is InChI=1S/C11H12FN5/c12-9-2-1-3-10(6-9)17-15-11(14-16-17)8-4-5-13-7-8/h1-3,6,8,13H,4-5,7H2. The molecular weight excluding hydrogens is 221 g/mol. The van der Waals surface area contributed by atoms with Gasteiger partial charge in [0, 0.05) is 18.5 Å². The van der Waals surface area contributed by atoms with Crippen LogP contribution in [-0.4, -0.2) is 33.3 Å². The van der Waals surface area contributed by atoms with Gasteiger partial charge in [0.15, 0.2) is 5.82 Å². The summed E-state index contributed by atoms with van der Waals surface area (Å²) in [7, 11) is 0. The molecule has 0 spiro atoms. The van der Waals surface area contributed by atoms with E-state index in [1.165, 1.54) is 16.9 Å². The van der Waals surface area contributed by atoms with E-state index in [1.54, 1.807) is 12.1 Å². The van der Waals surface area contributed by atoms with Crippen molar-refractivity contribution in [2.75, 3.05) is 13.1 Å². The second-order valence-corrected chi connectivity index (χ2v) is 4.11. The Morgan fingerprint density at radius 2 is 2.35 bits per heavy atom. The number of hydrogen-bond donors (Lipinski definition) is 1. The van der Waals surface area contributed by atoms with Gasteiger partial charge in [0.25, 0.3) is 0 Å². The van der Waals surface area contributed by atoms with Crippen LogP contribution >= 0.6 is 0 Å². The summed E-state index contributed by atoms with van der Waals surface area (Å²) in [6.07, 6.45) is 1.02. The number of tetrazole rings is 1. The highest BCUT2D eigenvalue weighted by molar-refractivity contribution is 5.29. The average molecular weight is 233 g/mol. The summed E-state index contributed by atoms with van der Waals surface area (Å²) in [6.45, 7) is 1.87. The largest absolute Gasteiger partial charge is 0.316 e. The lowest BCUT2D eigenvalue weighted by Crippen LogP contribution is -2.09. The van der Waals surface area contributed by atoms with Gasteiger partial charge in [-0.3, -0.25) is 0 Å². The third-order valence-corrected chi connectivity index (χ3v) is 2.89. The summed E-state index contributed by atoms with van der Waals surface area (Å²) in [6, 6.07) is 6.16. The number of nitrogens with one attached hydrogen (secondary N) is 1. The molecule has 1 aliphatic rings. The Morgan fingerprint density at radius 3 is 3.12 bits per heavy atom. The normalized spacial score (nSPS) is 19.7. The van der Waals surface area contributed by atoms with Crippen molar-refractivity contribution in [2.24, 2.45) is 0 Å². The summed E-state index contributed by atoms with van der Waals surface area (Å²) in [5.41, 5.74) is 0.592. The van der Waals surface area contributed by atoms with Crippen LogP contribution in [0.4, 0.5) is 4.39 Å². The van der Waals surface area contributed by atoms with E-state index in [0.29, 0.717) is 11.6 Å². The van der Waals surface area contributed by atoms with Gasteiger partial charge in [-0.25, -0.2) is 4.39 Å². The highest BCUT2D eigenvalue weighted by Gasteiger charge is 2.21. The summed E-state index contributed by atoms with van der Waals surface area (Å²) in [5, 5.41) is 15.5. The van der Waals surface area contributed by atoms with Gasteiger partial charge >= 0.3 is 0 Å². The zero-order valence-electron chi connectivity index (χ0n) is 9.17. The maximum Gasteiger partial charge on any atom is 0.179 e. The third-order valence-electron chi connectivity index (χ3n) is 2.89. The van der Waals surface area contributed by atoms with Crippen LogP contribution in [0.1, 0.15) is 18.2 Å². The molecule has 1 aromatic carbocycles. The second-order valence-electron chi connectivity index (χ2n) is 4.11. The fraction of sp³-hybridized carbons (Fsp3) is 0.364. The Bertz CT molecular complexity index is 518. The first-order chi connectivity index (χ1) is 8.33. The molecule has 0 radical (unpaired) electrons. The fourth-order valence-electron chi connectivity index (χ4n) is 1.97. The van der Waals surface area contributed by atoms with Crippen molar-refractivity contribution in [3.05, 3.63) is 35.9 Å². The molecule has 1 aromatic heterocycles. The zero-order valence-corrected chi connectivity index (χ0v) is 9.17. The van der Waals surface area contributed by atoms with Gasteiger partial charge in [0.2, 0.25) is 0 Å². The summed E-state index contributed by atoms with van der Waals surface area (Å²) >= 11 is 0. The van der Waals surface area contributed by atoms with Gasteiger partial charge in [0.1, 0.15) is 5.82 Å². The lowest BCUT2D eigenvalue weighted by atomic mass is 10.1. The van der Waals surface area contributed by atoms with Gasteiger partial charge in [-0.15, -0.1) is 15.0 Å². The predicted molar refractivity (Wildman–Crippen MR) is 59.3 cm³/mol. The van der Waals surface area contributed by atoms with E-state index in [2.05, 4.69) is 20.7 Å². The quantitative estimate of drug-likeness (QED) is 0.836. The van der Waals surface area contributed by atoms with E-state index in [9.17, 15) is 4.39 Å². The van der Waals surface area contributed by atoms with E-state index in [-0.39, 0.29) is 5.82 Å². The molecule has 1 saturated heterocycles. The van der Waals surface area contributed by atoms with E-state index >= 15 is 0 Å². The Labute approximate surface area is 97.6 Å². The molecule has 1 unspecified atom stereocenters. The molecule has 1 N–H and O–H groups in total. The van der Waals surface area contributed by atoms with E-state index in [4.69, 9.17) is 0 Å². The molecule has 1 atom stereocenters. The number of aromatic nitrogens is 4. The Morgan fingerprint density at radius 1 is 1.41 bits per heavy atom. The monoisotopic (exact) mass is 233 g/mol. The first-order valence-corrected chi connectivity index (χ1v) is 5.59. The van der Waals surface area contributed by atoms with Gasteiger partial charge in [0.05, 0.1) is 5.69 Å². The predicted octanol–water partition coefficient (Wildman–Crippen LogP) is 0.878. The Kier molecular flexibility index (Phi) is 2.56. The highest BCUT2D eigenvalue weighted by Crippen LogP contribution is 2.18. The molecule has 88 valence electrons. The van der Waals surface area contributed by atoms with Crippen LogP contribution in [0.2, 0.25) is 0 Å². The molecule has 2 heterocycles. The number of nitrogens with zero attached hydrogens (tertiary/aromatic N) is 4. The maximum atomic E-state index is 13.1. The SMILES string of the molecule is Fc1cccc(-n2nnc(C3CCNC3)n2)c1. The smallest absolute Gasteiger partial charge is 0.179 e. The van der Waals surface area contributed by atoms with Crippen LogP contribution in [0.15, 0.2) is 24.3 Å². The molecule has 1 fully saturated rings. The van der Waals surface area contributed by atoms with Gasteiger partial charge < -0.3 is 5.32 Å². The van der Waals surface area contributed by atoms with Crippen LogP contribution < -0.4 is 5.32 Å². The fourth-order valence-corrected chi connectivity index (χ4v) is 1.97. The average Bonchev–Trinajstić information content (AvgIpc) is 3.00. The van der Waals surface area contributed by atoms with Crippen molar-refractivity contribution in [3.8, 4) is 5.69 Å². The van der Waals surface area contributed by atoms with Crippen molar-refractivity contribution >= 4 is 0 Å². The van der Waals surface area contributed by atoms with E-state index in [0.717, 1.165) is 25.3 Å². The summed E-state index contributed by atoms with van der Waals surface area (Å²) < 4.78 is 13.1. The molecule has 6 heteroatoms. The third kappa shape index (κ3) is 2.03. The van der Waals surface area contributed by atoms with Crippen LogP contribution in [0.5, 0.6) is 0 Å². The molecule has 5 nitrogen and oxygen atoms in total. The van der Waals surface area contributed by atoms with Crippen LogP contribution in [0.3, 0.4) is 0 Å². The van der Waals surface area contributed by atoms with Gasteiger partial charge in [-0.2, -0.15) is 0 Å². The van der Waals surface area contributed by atoms with Crippen molar-refractivity contribution in [2.45, 2.75) is 12.3 Å². The summed E-state index contributed by atoms with van der Waals surface area (Å²) in [4.78, 5) is 1.37. The van der Waals surface area contributed by atoms with Crippen molar-refractivity contribution in [1.82, 2.24) is 25.5 Å². The number of benzene rings is 1. The molecular formula is C11H12FN5. The van der Waals surface area contributed by atoms with Crippen LogP contribution in [-0.2, 0) is 0 Å². The summed E-state index contributed by atoms with van der Waals surface area (Å²) in [5.74, 6) is 0.737. The van der Waals surface area contributed by atoms with E-state index < -0.39 is 0 Å². The van der Waals surface area contributed by atoms with Gasteiger partial charge in [-0.1, -0.05) is 6.07 Å². The zero-order chi connectivity index (χ0) is 11.7. The number of rotatable bonds is 2. The minimum atomic E-state index is -0.302. The molecule has 2 aromatic rings. The first kappa shape index (κ1) is 10.3. The molecule has 17 heavy (non-hydrogen) atoms. The van der Waals surface area contributed by atoms with Crippen LogP contribution in [0, 0.1) is 5.82 Å².